The number of rotatable bonds is 5. The number of barbiturate groups is 1. The highest BCUT2D eigenvalue weighted by Crippen LogP contribution is 2.37. The lowest BCUT2D eigenvalue weighted by molar-refractivity contribution is -0.122. The van der Waals surface area contributed by atoms with Crippen LogP contribution < -0.4 is 14.4 Å². The molecule has 12 heteroatoms. The zero-order valence-corrected chi connectivity index (χ0v) is 23.9. The van der Waals surface area contributed by atoms with Crippen LogP contribution in [0.3, 0.4) is 0 Å². The van der Waals surface area contributed by atoms with E-state index < -0.39 is 28.0 Å². The molecule has 1 N–H and O–H groups in total. The van der Waals surface area contributed by atoms with Crippen molar-refractivity contribution < 1.29 is 27.0 Å². The number of hydrogen-bond donors (Lipinski definition) is 1. The van der Waals surface area contributed by atoms with Gasteiger partial charge in [0.05, 0.1) is 10.2 Å². The van der Waals surface area contributed by atoms with Crippen LogP contribution >= 0.6 is 47.8 Å². The van der Waals surface area contributed by atoms with Gasteiger partial charge in [0.2, 0.25) is 0 Å². The Labute approximate surface area is 231 Å². The molecule has 3 aromatic rings. The molecule has 8 nitrogen and oxygen atoms in total. The smallest absolute Gasteiger partial charge is 0.339 e. The minimum Gasteiger partial charge on any atom is -0.377 e. The standard InChI is InChI=1S/C24H15Br3N2O6S/c1-13-2-8-18(9-3-13)36(33,34)35-21-14(10-16(26)12-20(21)27)11-19-22(30)28-24(32)29(23(19)31)17-6-4-15(25)5-7-17/h2-12H,1H3,(H,28,30,32)/b19-11+. The van der Waals surface area contributed by atoms with Crippen LogP contribution in [0.2, 0.25) is 0 Å². The summed E-state index contributed by atoms with van der Waals surface area (Å²) in [5.41, 5.74) is 0.833. The minimum atomic E-state index is -4.25. The molecular weight excluding hydrogens is 684 g/mol. The zero-order valence-electron chi connectivity index (χ0n) is 18.3. The molecule has 1 heterocycles. The largest absolute Gasteiger partial charge is 0.377 e. The van der Waals surface area contributed by atoms with Gasteiger partial charge in [-0.1, -0.05) is 49.6 Å². The Morgan fingerprint density at radius 3 is 2.17 bits per heavy atom. The fourth-order valence-electron chi connectivity index (χ4n) is 3.28. The molecule has 0 unspecified atom stereocenters. The van der Waals surface area contributed by atoms with E-state index in [0.29, 0.717) is 4.47 Å². The van der Waals surface area contributed by atoms with Gasteiger partial charge >= 0.3 is 16.1 Å². The monoisotopic (exact) mass is 696 g/mol. The van der Waals surface area contributed by atoms with Crippen LogP contribution in [-0.2, 0) is 19.7 Å². The summed E-state index contributed by atoms with van der Waals surface area (Å²) >= 11 is 9.90. The molecule has 1 saturated heterocycles. The minimum absolute atomic E-state index is 0.0694. The number of halogens is 3. The number of imide groups is 2. The molecule has 184 valence electrons. The average molecular weight is 699 g/mol. The summed E-state index contributed by atoms with van der Waals surface area (Å²) < 4.78 is 32.8. The Morgan fingerprint density at radius 1 is 0.889 bits per heavy atom. The second-order valence-electron chi connectivity index (χ2n) is 7.59. The molecule has 0 atom stereocenters. The summed E-state index contributed by atoms with van der Waals surface area (Å²) in [5.74, 6) is -1.95. The van der Waals surface area contributed by atoms with Crippen molar-refractivity contribution in [2.24, 2.45) is 0 Å². The third-order valence-corrected chi connectivity index (χ3v) is 7.84. The number of anilines is 1. The van der Waals surface area contributed by atoms with Crippen molar-refractivity contribution >= 4 is 87.5 Å². The van der Waals surface area contributed by atoms with Crippen molar-refractivity contribution in [1.82, 2.24) is 5.32 Å². The van der Waals surface area contributed by atoms with Gasteiger partial charge in [-0.2, -0.15) is 8.42 Å². The number of nitrogens with zero attached hydrogens (tertiary/aromatic N) is 1. The fourth-order valence-corrected chi connectivity index (χ4v) is 5.96. The molecular formula is C24H15Br3N2O6S. The van der Waals surface area contributed by atoms with Gasteiger partial charge in [0.1, 0.15) is 10.5 Å². The van der Waals surface area contributed by atoms with Gasteiger partial charge < -0.3 is 4.18 Å². The number of urea groups is 1. The second kappa shape index (κ2) is 10.3. The summed E-state index contributed by atoms with van der Waals surface area (Å²) in [7, 11) is -4.25. The first-order valence-electron chi connectivity index (χ1n) is 10.1. The van der Waals surface area contributed by atoms with Crippen molar-refractivity contribution in [3.05, 3.63) is 90.8 Å². The van der Waals surface area contributed by atoms with Crippen LogP contribution in [0, 0.1) is 6.92 Å². The third-order valence-electron chi connectivity index (χ3n) is 5.03. The second-order valence-corrected chi connectivity index (χ2v) is 11.8. The van der Waals surface area contributed by atoms with E-state index in [1.807, 2.05) is 6.92 Å². The summed E-state index contributed by atoms with van der Waals surface area (Å²) in [4.78, 5) is 39.1. The molecule has 1 aliphatic heterocycles. The Balaban J connectivity index is 1.78. The van der Waals surface area contributed by atoms with Gasteiger partial charge in [0.25, 0.3) is 11.8 Å². The van der Waals surface area contributed by atoms with Crippen LogP contribution in [0.5, 0.6) is 5.75 Å². The molecule has 0 aromatic heterocycles. The summed E-state index contributed by atoms with van der Waals surface area (Å²) in [5, 5.41) is 2.14. The number of benzene rings is 3. The number of amides is 4. The predicted molar refractivity (Wildman–Crippen MR) is 144 cm³/mol. The van der Waals surface area contributed by atoms with Crippen molar-refractivity contribution in [3.63, 3.8) is 0 Å². The molecule has 0 radical (unpaired) electrons. The van der Waals surface area contributed by atoms with Crippen LogP contribution in [-0.4, -0.2) is 26.3 Å². The maximum Gasteiger partial charge on any atom is 0.339 e. The van der Waals surface area contributed by atoms with Crippen LogP contribution in [0.15, 0.2) is 84.6 Å². The van der Waals surface area contributed by atoms with Gasteiger partial charge in [0.15, 0.2) is 5.75 Å². The highest BCUT2D eigenvalue weighted by Gasteiger charge is 2.37. The number of carbonyl (C=O) groups is 3. The van der Waals surface area contributed by atoms with Crippen molar-refractivity contribution in [3.8, 4) is 5.75 Å². The van der Waals surface area contributed by atoms with Crippen molar-refractivity contribution in [2.75, 3.05) is 4.90 Å². The van der Waals surface area contributed by atoms with Gasteiger partial charge in [-0.3, -0.25) is 14.9 Å². The van der Waals surface area contributed by atoms with Gasteiger partial charge in [0, 0.05) is 14.5 Å². The maximum atomic E-state index is 13.2. The van der Waals surface area contributed by atoms with Crippen LogP contribution in [0.4, 0.5) is 10.5 Å². The number of carbonyl (C=O) groups excluding carboxylic acids is 3. The first-order valence-corrected chi connectivity index (χ1v) is 13.9. The van der Waals surface area contributed by atoms with E-state index in [2.05, 4.69) is 53.1 Å². The first-order chi connectivity index (χ1) is 17.0. The average Bonchev–Trinajstić information content (AvgIpc) is 2.80. The number of nitrogens with one attached hydrogen (secondary N) is 1. The molecule has 0 aliphatic carbocycles. The van der Waals surface area contributed by atoms with E-state index in [1.165, 1.54) is 36.4 Å². The fraction of sp³-hybridized carbons (Fsp3) is 0.0417. The molecule has 4 amide bonds. The Kier molecular flexibility index (Phi) is 7.51. The van der Waals surface area contributed by atoms with Crippen LogP contribution in [0.1, 0.15) is 11.1 Å². The Morgan fingerprint density at radius 2 is 1.53 bits per heavy atom. The molecule has 0 saturated carbocycles. The Hall–Kier alpha value is -2.80. The Bertz CT molecular complexity index is 1540. The zero-order chi connectivity index (χ0) is 26.2. The summed E-state index contributed by atoms with van der Waals surface area (Å²) in [6, 6.07) is 14.6. The molecule has 4 rings (SSSR count). The molecule has 1 fully saturated rings. The lowest BCUT2D eigenvalue weighted by Gasteiger charge is -2.26. The molecule has 1 aliphatic rings. The van der Waals surface area contributed by atoms with Crippen molar-refractivity contribution in [2.45, 2.75) is 11.8 Å². The predicted octanol–water partition coefficient (Wildman–Crippen LogP) is 5.72. The normalized spacial score (nSPS) is 15.3. The van der Waals surface area contributed by atoms with Crippen molar-refractivity contribution in [1.29, 1.82) is 0 Å². The van der Waals surface area contributed by atoms with E-state index in [1.54, 1.807) is 30.3 Å². The number of aryl methyl sites for hydroxylation is 1. The van der Waals surface area contributed by atoms with Crippen LogP contribution in [0.25, 0.3) is 6.08 Å². The quantitative estimate of drug-likeness (QED) is 0.208. The lowest BCUT2D eigenvalue weighted by atomic mass is 10.1. The SMILES string of the molecule is Cc1ccc(S(=O)(=O)Oc2c(Br)cc(Br)cc2/C=C2\C(=O)NC(=O)N(c3ccc(Br)cc3)C2=O)cc1. The molecule has 36 heavy (non-hydrogen) atoms. The molecule has 0 bridgehead atoms. The van der Waals surface area contributed by atoms with E-state index in [4.69, 9.17) is 4.18 Å². The van der Waals surface area contributed by atoms with Gasteiger partial charge in [-0.25, -0.2) is 9.69 Å². The molecule has 0 spiro atoms. The first kappa shape index (κ1) is 26.3. The molecule has 3 aromatic carbocycles. The lowest BCUT2D eigenvalue weighted by Crippen LogP contribution is -2.54. The van der Waals surface area contributed by atoms with E-state index in [-0.39, 0.29) is 31.9 Å². The van der Waals surface area contributed by atoms with E-state index in [0.717, 1.165) is 14.9 Å². The maximum absolute atomic E-state index is 13.2. The van der Waals surface area contributed by atoms with Gasteiger partial charge in [-0.05, 0) is 77.5 Å². The van der Waals surface area contributed by atoms with Gasteiger partial charge in [-0.15, -0.1) is 0 Å². The highest BCUT2D eigenvalue weighted by atomic mass is 79.9. The summed E-state index contributed by atoms with van der Waals surface area (Å²) in [6.45, 7) is 1.82. The summed E-state index contributed by atoms with van der Waals surface area (Å²) in [6.07, 6.45) is 1.17. The van der Waals surface area contributed by atoms with E-state index in [9.17, 15) is 22.8 Å². The third kappa shape index (κ3) is 5.46. The van der Waals surface area contributed by atoms with E-state index >= 15 is 0 Å². The highest BCUT2D eigenvalue weighted by molar-refractivity contribution is 9.11. The number of hydrogen-bond acceptors (Lipinski definition) is 6. The topological polar surface area (TPSA) is 110 Å².